The van der Waals surface area contributed by atoms with Gasteiger partial charge in [-0.05, 0) is 39.7 Å². The number of nitrogen functional groups attached to an aromatic ring is 1. The Balaban J connectivity index is 2.31. The van der Waals surface area contributed by atoms with Crippen LogP contribution < -0.4 is 10.6 Å². The van der Waals surface area contributed by atoms with Gasteiger partial charge in [-0.3, -0.25) is 0 Å². The largest absolute Gasteiger partial charge is 0.398 e. The van der Waals surface area contributed by atoms with E-state index in [9.17, 15) is 4.39 Å². The summed E-state index contributed by atoms with van der Waals surface area (Å²) in [7, 11) is 1.78. The van der Waals surface area contributed by atoms with Gasteiger partial charge in [0, 0.05) is 19.3 Å². The third-order valence-corrected chi connectivity index (χ3v) is 3.83. The number of anilines is 2. The normalized spacial score (nSPS) is 10.1. The number of para-hydroxylation sites is 1. The van der Waals surface area contributed by atoms with E-state index >= 15 is 0 Å². The molecule has 2 aromatic carbocycles. The van der Waals surface area contributed by atoms with E-state index in [1.807, 2.05) is 30.3 Å². The summed E-state index contributed by atoms with van der Waals surface area (Å²) >= 11 is 3.11. The molecule has 0 aromatic heterocycles. The van der Waals surface area contributed by atoms with E-state index in [2.05, 4.69) is 15.9 Å². The molecule has 0 unspecified atom stereocenters. The molecule has 0 aliphatic heterocycles. The molecule has 102 valence electrons. The van der Waals surface area contributed by atoms with Crippen molar-refractivity contribution in [3.8, 4) is 6.07 Å². The molecule has 0 saturated carbocycles. The van der Waals surface area contributed by atoms with Crippen LogP contribution in [0, 0.1) is 17.1 Å². The summed E-state index contributed by atoms with van der Waals surface area (Å²) in [6, 6.07) is 12.6. The van der Waals surface area contributed by atoms with Crippen LogP contribution >= 0.6 is 15.9 Å². The lowest BCUT2D eigenvalue weighted by atomic mass is 10.1. The van der Waals surface area contributed by atoms with Gasteiger partial charge in [0.1, 0.15) is 6.07 Å². The SMILES string of the molecule is CN(Cc1ccccc1N)c1ccc(C#N)c(Br)c1F. The smallest absolute Gasteiger partial charge is 0.161 e. The molecule has 0 bridgehead atoms. The summed E-state index contributed by atoms with van der Waals surface area (Å²) < 4.78 is 14.4. The molecule has 0 spiro atoms. The van der Waals surface area contributed by atoms with Gasteiger partial charge < -0.3 is 10.6 Å². The first-order valence-corrected chi connectivity index (χ1v) is 6.76. The number of hydrogen-bond acceptors (Lipinski definition) is 3. The second-order valence-electron chi connectivity index (χ2n) is 4.43. The Bertz CT molecular complexity index is 679. The predicted molar refractivity (Wildman–Crippen MR) is 81.8 cm³/mol. The molecular weight excluding hydrogens is 321 g/mol. The Morgan fingerprint density at radius 1 is 1.30 bits per heavy atom. The number of benzene rings is 2. The number of nitrogens with two attached hydrogens (primary N) is 1. The third-order valence-electron chi connectivity index (χ3n) is 3.06. The maximum atomic E-state index is 14.2. The van der Waals surface area contributed by atoms with Crippen molar-refractivity contribution >= 4 is 27.3 Å². The molecule has 5 heteroatoms. The zero-order valence-electron chi connectivity index (χ0n) is 10.9. The van der Waals surface area contributed by atoms with E-state index < -0.39 is 5.82 Å². The lowest BCUT2D eigenvalue weighted by Crippen LogP contribution is -2.18. The van der Waals surface area contributed by atoms with Crippen molar-refractivity contribution in [2.75, 3.05) is 17.7 Å². The molecule has 20 heavy (non-hydrogen) atoms. The van der Waals surface area contributed by atoms with Crippen LogP contribution in [0.1, 0.15) is 11.1 Å². The van der Waals surface area contributed by atoms with Gasteiger partial charge in [0.25, 0.3) is 0 Å². The highest BCUT2D eigenvalue weighted by molar-refractivity contribution is 9.10. The van der Waals surface area contributed by atoms with Crippen LogP contribution in [-0.4, -0.2) is 7.05 Å². The van der Waals surface area contributed by atoms with E-state index in [0.717, 1.165) is 5.56 Å². The zero-order valence-corrected chi connectivity index (χ0v) is 12.5. The topological polar surface area (TPSA) is 53.0 Å². The van der Waals surface area contributed by atoms with E-state index in [4.69, 9.17) is 11.0 Å². The Morgan fingerprint density at radius 2 is 2.00 bits per heavy atom. The molecule has 0 radical (unpaired) electrons. The van der Waals surface area contributed by atoms with Crippen molar-refractivity contribution in [3.63, 3.8) is 0 Å². The minimum atomic E-state index is -0.443. The second-order valence-corrected chi connectivity index (χ2v) is 5.22. The van der Waals surface area contributed by atoms with E-state index in [1.165, 1.54) is 0 Å². The molecule has 0 amide bonds. The first kappa shape index (κ1) is 14.4. The molecule has 2 rings (SSSR count). The minimum Gasteiger partial charge on any atom is -0.398 e. The molecule has 2 aromatic rings. The summed E-state index contributed by atoms with van der Waals surface area (Å²) in [6.07, 6.45) is 0. The molecule has 0 aliphatic carbocycles. The maximum Gasteiger partial charge on any atom is 0.161 e. The standard InChI is InChI=1S/C15H13BrFN3/c1-20(9-11-4-2-3-5-12(11)19)13-7-6-10(8-18)14(16)15(13)17/h2-7H,9,19H2,1H3. The predicted octanol–water partition coefficient (Wildman–Crippen LogP) is 3.68. The van der Waals surface area contributed by atoms with E-state index in [0.29, 0.717) is 17.9 Å². The van der Waals surface area contributed by atoms with Crippen LogP contribution in [-0.2, 0) is 6.54 Å². The Labute approximate surface area is 125 Å². The first-order chi connectivity index (χ1) is 9.54. The molecule has 2 N–H and O–H groups in total. The zero-order chi connectivity index (χ0) is 14.7. The number of hydrogen-bond donors (Lipinski definition) is 1. The van der Waals surface area contributed by atoms with Crippen molar-refractivity contribution in [1.29, 1.82) is 5.26 Å². The average molecular weight is 334 g/mol. The highest BCUT2D eigenvalue weighted by atomic mass is 79.9. The fourth-order valence-electron chi connectivity index (χ4n) is 1.94. The van der Waals surface area contributed by atoms with Crippen LogP contribution in [0.25, 0.3) is 0 Å². The fraction of sp³-hybridized carbons (Fsp3) is 0.133. The van der Waals surface area contributed by atoms with Crippen LogP contribution in [0.2, 0.25) is 0 Å². The lowest BCUT2D eigenvalue weighted by Gasteiger charge is -2.21. The van der Waals surface area contributed by atoms with Crippen molar-refractivity contribution in [1.82, 2.24) is 0 Å². The van der Waals surface area contributed by atoms with Crippen LogP contribution in [0.3, 0.4) is 0 Å². The molecule has 0 atom stereocenters. The first-order valence-electron chi connectivity index (χ1n) is 5.97. The fourth-order valence-corrected chi connectivity index (χ4v) is 2.36. The molecule has 0 fully saturated rings. The number of halogens is 2. The van der Waals surface area contributed by atoms with Crippen molar-refractivity contribution in [3.05, 3.63) is 57.8 Å². The quantitative estimate of drug-likeness (QED) is 0.871. The molecular formula is C15H13BrFN3. The van der Waals surface area contributed by atoms with E-state index in [1.54, 1.807) is 24.1 Å². The van der Waals surface area contributed by atoms with Crippen LogP contribution in [0.4, 0.5) is 15.8 Å². The van der Waals surface area contributed by atoms with Gasteiger partial charge in [-0.15, -0.1) is 0 Å². The monoisotopic (exact) mass is 333 g/mol. The molecule has 0 aliphatic rings. The Hall–Kier alpha value is -2.06. The van der Waals surface area contributed by atoms with Crippen molar-refractivity contribution < 1.29 is 4.39 Å². The van der Waals surface area contributed by atoms with Gasteiger partial charge in [0.05, 0.1) is 15.7 Å². The number of nitrogens with zero attached hydrogens (tertiary/aromatic N) is 2. The molecule has 0 heterocycles. The summed E-state index contributed by atoms with van der Waals surface area (Å²) in [4.78, 5) is 1.76. The lowest BCUT2D eigenvalue weighted by molar-refractivity contribution is 0.615. The number of nitriles is 1. The molecule has 3 nitrogen and oxygen atoms in total. The summed E-state index contributed by atoms with van der Waals surface area (Å²) in [6.45, 7) is 0.488. The summed E-state index contributed by atoms with van der Waals surface area (Å²) in [5, 5.41) is 8.87. The summed E-state index contributed by atoms with van der Waals surface area (Å²) in [5.41, 5.74) is 8.18. The molecule has 0 saturated heterocycles. The third kappa shape index (κ3) is 2.75. The van der Waals surface area contributed by atoms with Gasteiger partial charge in [-0.1, -0.05) is 18.2 Å². The highest BCUT2D eigenvalue weighted by Crippen LogP contribution is 2.29. The van der Waals surface area contributed by atoms with Gasteiger partial charge in [-0.25, -0.2) is 4.39 Å². The minimum absolute atomic E-state index is 0.186. The maximum absolute atomic E-state index is 14.2. The van der Waals surface area contributed by atoms with Crippen LogP contribution in [0.5, 0.6) is 0 Å². The van der Waals surface area contributed by atoms with Crippen LogP contribution in [0.15, 0.2) is 40.9 Å². The van der Waals surface area contributed by atoms with Gasteiger partial charge in [0.15, 0.2) is 5.82 Å². The van der Waals surface area contributed by atoms with Crippen molar-refractivity contribution in [2.24, 2.45) is 0 Å². The second kappa shape index (κ2) is 5.93. The van der Waals surface area contributed by atoms with Gasteiger partial charge in [0.2, 0.25) is 0 Å². The van der Waals surface area contributed by atoms with Gasteiger partial charge in [-0.2, -0.15) is 5.26 Å². The summed E-state index contributed by atoms with van der Waals surface area (Å²) in [5.74, 6) is -0.443. The highest BCUT2D eigenvalue weighted by Gasteiger charge is 2.14. The van der Waals surface area contributed by atoms with Crippen molar-refractivity contribution in [2.45, 2.75) is 6.54 Å². The number of rotatable bonds is 3. The Kier molecular flexibility index (Phi) is 4.26. The Morgan fingerprint density at radius 3 is 2.65 bits per heavy atom. The average Bonchev–Trinajstić information content (AvgIpc) is 2.44. The van der Waals surface area contributed by atoms with Gasteiger partial charge >= 0.3 is 0 Å². The van der Waals surface area contributed by atoms with E-state index in [-0.39, 0.29) is 10.0 Å².